The summed E-state index contributed by atoms with van der Waals surface area (Å²) in [7, 11) is -3.02. The summed E-state index contributed by atoms with van der Waals surface area (Å²) in [5.41, 5.74) is 12.7. The van der Waals surface area contributed by atoms with Gasteiger partial charge < -0.3 is 10.9 Å². The maximum Gasteiger partial charge on any atom is 0.155 e. The molecule has 1 fully saturated rings. The topological polar surface area (TPSA) is 58.2 Å². The lowest BCUT2D eigenvalue weighted by Crippen LogP contribution is -2.34. The number of benzene rings is 2. The van der Waals surface area contributed by atoms with Crippen molar-refractivity contribution in [2.75, 3.05) is 16.6 Å². The number of hydrogen-bond acceptors (Lipinski definition) is 4. The summed E-state index contributed by atoms with van der Waals surface area (Å²) in [4.78, 5) is 0. The average molecular weight is 457 g/mol. The first-order valence-corrected chi connectivity index (χ1v) is 13.6. The lowest BCUT2D eigenvalue weighted by molar-refractivity contribution is 0.278. The molecule has 3 rings (SSSR count). The van der Waals surface area contributed by atoms with Gasteiger partial charge in [0.05, 0.1) is 21.9 Å². The minimum absolute atomic E-state index is 0.336. The zero-order valence-electron chi connectivity index (χ0n) is 20.4. The largest absolute Gasteiger partial charge is 0.301 e. The van der Waals surface area contributed by atoms with Gasteiger partial charge in [0.25, 0.3) is 0 Å². The van der Waals surface area contributed by atoms with Crippen molar-refractivity contribution in [3.05, 3.63) is 59.2 Å². The van der Waals surface area contributed by atoms with Crippen LogP contribution >= 0.6 is 0 Å². The van der Waals surface area contributed by atoms with E-state index in [9.17, 15) is 8.42 Å². The van der Waals surface area contributed by atoms with Gasteiger partial charge in [0.15, 0.2) is 9.84 Å². The van der Waals surface area contributed by atoms with Gasteiger partial charge >= 0.3 is 0 Å². The Kier molecular flexibility index (Phi) is 7.92. The molecule has 1 aliphatic rings. The molecule has 0 atom stereocenters. The second kappa shape index (κ2) is 10.3. The molecule has 32 heavy (non-hydrogen) atoms. The van der Waals surface area contributed by atoms with Gasteiger partial charge in [0.1, 0.15) is 0 Å². The van der Waals surface area contributed by atoms with Crippen molar-refractivity contribution in [1.82, 2.24) is 0 Å². The Bertz CT molecular complexity index is 1000. The number of para-hydroxylation sites is 1. The van der Waals surface area contributed by atoms with E-state index in [2.05, 4.69) is 55.0 Å². The SMILES string of the molecule is Cc1cc(NNc2ccccc2C)ccc1CCC1CCC(CS(=O)(=O)C(C)(C)C)CC1. The number of anilines is 2. The molecule has 1 aliphatic carbocycles. The lowest BCUT2D eigenvalue weighted by atomic mass is 9.80. The van der Waals surface area contributed by atoms with Gasteiger partial charge in [-0.2, -0.15) is 0 Å². The average Bonchev–Trinajstić information content (AvgIpc) is 2.72. The molecule has 0 radical (unpaired) electrons. The molecule has 1 saturated carbocycles. The quantitative estimate of drug-likeness (QED) is 0.434. The molecule has 176 valence electrons. The monoisotopic (exact) mass is 456 g/mol. The summed E-state index contributed by atoms with van der Waals surface area (Å²) in [5.74, 6) is 1.40. The molecule has 2 aromatic rings. The minimum Gasteiger partial charge on any atom is -0.301 e. The number of hydrogen-bond donors (Lipinski definition) is 2. The molecule has 5 heteroatoms. The van der Waals surface area contributed by atoms with Gasteiger partial charge in [-0.15, -0.1) is 0 Å². The van der Waals surface area contributed by atoms with E-state index in [1.54, 1.807) is 0 Å². The van der Waals surface area contributed by atoms with Crippen molar-refractivity contribution in [3.63, 3.8) is 0 Å². The molecule has 0 aromatic heterocycles. The number of aryl methyl sites for hydroxylation is 3. The fraction of sp³-hybridized carbons (Fsp3) is 0.556. The van der Waals surface area contributed by atoms with Crippen LogP contribution < -0.4 is 10.9 Å². The third kappa shape index (κ3) is 6.50. The first-order valence-electron chi connectivity index (χ1n) is 11.9. The molecule has 0 amide bonds. The molecule has 0 spiro atoms. The summed E-state index contributed by atoms with van der Waals surface area (Å²) in [6.07, 6.45) is 6.69. The molecule has 2 N–H and O–H groups in total. The van der Waals surface area contributed by atoms with Crippen molar-refractivity contribution in [2.24, 2.45) is 11.8 Å². The first-order chi connectivity index (χ1) is 15.0. The summed E-state index contributed by atoms with van der Waals surface area (Å²) >= 11 is 0. The van der Waals surface area contributed by atoms with E-state index < -0.39 is 14.6 Å². The van der Waals surface area contributed by atoms with Gasteiger partial charge in [-0.3, -0.25) is 0 Å². The molecule has 0 unspecified atom stereocenters. The molecular formula is C27H40N2O2S. The van der Waals surface area contributed by atoms with Crippen molar-refractivity contribution in [1.29, 1.82) is 0 Å². The summed E-state index contributed by atoms with van der Waals surface area (Å²) in [6, 6.07) is 14.8. The van der Waals surface area contributed by atoms with Crippen LogP contribution in [-0.2, 0) is 16.3 Å². The van der Waals surface area contributed by atoms with E-state index >= 15 is 0 Å². The summed E-state index contributed by atoms with van der Waals surface area (Å²) < 4.78 is 24.4. The van der Waals surface area contributed by atoms with E-state index in [1.807, 2.05) is 32.9 Å². The standard InChI is InChI=1S/C27H40N2O2S/c1-20-8-6-7-9-26(20)29-28-25-17-16-24(21(2)18-25)15-14-22-10-12-23(13-11-22)19-32(30,31)27(3,4)5/h6-9,16-18,22-23,28-29H,10-15,19H2,1-5H3. The van der Waals surface area contributed by atoms with Gasteiger partial charge in [-0.1, -0.05) is 37.1 Å². The van der Waals surface area contributed by atoms with Crippen LogP contribution in [0, 0.1) is 25.7 Å². The Hall–Kier alpha value is -2.01. The normalized spacial score (nSPS) is 19.5. The van der Waals surface area contributed by atoms with E-state index in [-0.39, 0.29) is 0 Å². The Morgan fingerprint density at radius 3 is 2.16 bits per heavy atom. The predicted molar refractivity (Wildman–Crippen MR) is 137 cm³/mol. The van der Waals surface area contributed by atoms with Crippen molar-refractivity contribution in [3.8, 4) is 0 Å². The van der Waals surface area contributed by atoms with Crippen LogP contribution in [0.15, 0.2) is 42.5 Å². The summed E-state index contributed by atoms with van der Waals surface area (Å²) in [5, 5.41) is 0. The van der Waals surface area contributed by atoms with Crippen LogP contribution in [0.5, 0.6) is 0 Å². The van der Waals surface area contributed by atoms with E-state index in [0.717, 1.165) is 43.5 Å². The first kappa shape index (κ1) is 24.6. The van der Waals surface area contributed by atoms with Gasteiger partial charge in [0.2, 0.25) is 0 Å². The fourth-order valence-corrected chi connectivity index (χ4v) is 5.97. The van der Waals surface area contributed by atoms with Gasteiger partial charge in [0, 0.05) is 0 Å². The fourth-order valence-electron chi connectivity index (χ4n) is 4.51. The Labute approximate surface area is 195 Å². The maximum absolute atomic E-state index is 12.5. The van der Waals surface area contributed by atoms with E-state index in [1.165, 1.54) is 23.1 Å². The highest BCUT2D eigenvalue weighted by Crippen LogP contribution is 2.34. The zero-order valence-corrected chi connectivity index (χ0v) is 21.2. The van der Waals surface area contributed by atoms with E-state index in [0.29, 0.717) is 17.6 Å². The van der Waals surface area contributed by atoms with Crippen LogP contribution in [0.3, 0.4) is 0 Å². The number of sulfone groups is 1. The second-order valence-corrected chi connectivity index (χ2v) is 13.3. The Balaban J connectivity index is 1.46. The third-order valence-corrected chi connectivity index (χ3v) is 9.78. The molecule has 0 heterocycles. The predicted octanol–water partition coefficient (Wildman–Crippen LogP) is 6.69. The zero-order chi connectivity index (χ0) is 23.4. The molecular weight excluding hydrogens is 416 g/mol. The number of hydrazine groups is 1. The highest BCUT2D eigenvalue weighted by molar-refractivity contribution is 7.92. The summed E-state index contributed by atoms with van der Waals surface area (Å²) in [6.45, 7) is 9.72. The molecule has 0 bridgehead atoms. The number of nitrogens with one attached hydrogen (secondary N) is 2. The van der Waals surface area contributed by atoms with Crippen LogP contribution in [0.25, 0.3) is 0 Å². The Morgan fingerprint density at radius 2 is 1.53 bits per heavy atom. The highest BCUT2D eigenvalue weighted by Gasteiger charge is 2.33. The van der Waals surface area contributed by atoms with Crippen LogP contribution in [0.2, 0.25) is 0 Å². The van der Waals surface area contributed by atoms with E-state index in [4.69, 9.17) is 0 Å². The maximum atomic E-state index is 12.5. The van der Waals surface area contributed by atoms with Gasteiger partial charge in [-0.25, -0.2) is 8.42 Å². The molecule has 4 nitrogen and oxygen atoms in total. The third-order valence-electron chi connectivity index (χ3n) is 7.01. The van der Waals surface area contributed by atoms with Crippen LogP contribution in [0.1, 0.15) is 69.6 Å². The van der Waals surface area contributed by atoms with Crippen LogP contribution in [0.4, 0.5) is 11.4 Å². The smallest absolute Gasteiger partial charge is 0.155 e. The van der Waals surface area contributed by atoms with Crippen molar-refractivity contribution in [2.45, 2.75) is 77.9 Å². The Morgan fingerprint density at radius 1 is 0.875 bits per heavy atom. The minimum atomic E-state index is -3.02. The molecule has 2 aromatic carbocycles. The van der Waals surface area contributed by atoms with Gasteiger partial charge in [-0.05, 0) is 107 Å². The second-order valence-electron chi connectivity index (χ2n) is 10.5. The highest BCUT2D eigenvalue weighted by atomic mass is 32.2. The van der Waals surface area contributed by atoms with Crippen LogP contribution in [-0.4, -0.2) is 18.9 Å². The van der Waals surface area contributed by atoms with Crippen molar-refractivity contribution < 1.29 is 8.42 Å². The number of rotatable bonds is 8. The lowest BCUT2D eigenvalue weighted by Gasteiger charge is -2.30. The van der Waals surface area contributed by atoms with Crippen molar-refractivity contribution >= 4 is 21.2 Å². The molecule has 0 saturated heterocycles. The molecule has 0 aliphatic heterocycles.